The average molecular weight is 632 g/mol. The number of rotatable bonds is 8. The molecule has 8 heteroatoms. The third kappa shape index (κ3) is 4.22. The largest absolute Gasteiger partial charge is 0.297 e. The Bertz CT molecular complexity index is 2350. The molecule has 234 valence electrons. The normalized spacial score (nSPS) is 15.0. The zero-order chi connectivity index (χ0) is 33.3. The number of hydrogen-bond acceptors (Lipinski definition) is 5. The standard InChI is InChI=1S/C40H31N4O4/c1-4-23(13-18-41-2)16-21-43-37(45)29-9-5-25-27-7-11-31-36-32(40(48)44(39(31)47)22-17-24-14-19-42(3)20-15-24)12-8-28(34(27)36)26-6-10-30(38(43)46)35(29)33(25)26/h4-15,18-20H,1,16-17,21-22H2,2-3H3/q+1/b23-13+,41-18?. The van der Waals surface area contributed by atoms with Crippen molar-refractivity contribution in [3.63, 3.8) is 0 Å². The fourth-order valence-electron chi connectivity index (χ4n) is 7.38. The van der Waals surface area contributed by atoms with Gasteiger partial charge in [0, 0.05) is 71.5 Å². The lowest BCUT2D eigenvalue weighted by molar-refractivity contribution is -0.671. The quantitative estimate of drug-likeness (QED) is 0.0500. The first-order valence-electron chi connectivity index (χ1n) is 15.9. The van der Waals surface area contributed by atoms with E-state index in [-0.39, 0.29) is 36.7 Å². The SMILES string of the molecule is C=C/C(=C\C=NC)CCN1C(=O)c2ccc3c4ccc5c6c(ccc(c7ccc(c2c37)C1=O)c64)C(=O)N(CCc1cc[n+](C)cc1)C5=O. The smallest absolute Gasteiger partial charge is 0.261 e. The second kappa shape index (κ2) is 11.1. The topological polar surface area (TPSA) is 91.0 Å². The molecule has 0 fully saturated rings. The molecule has 2 aliphatic rings. The van der Waals surface area contributed by atoms with Gasteiger partial charge < -0.3 is 0 Å². The van der Waals surface area contributed by atoms with Gasteiger partial charge in [0.15, 0.2) is 12.4 Å². The number of imide groups is 2. The van der Waals surface area contributed by atoms with Crippen molar-refractivity contribution in [3.05, 3.63) is 125 Å². The lowest BCUT2D eigenvalue weighted by Crippen LogP contribution is -2.41. The van der Waals surface area contributed by atoms with Crippen LogP contribution in [0.5, 0.6) is 0 Å². The molecule has 4 amide bonds. The molecule has 1 aromatic heterocycles. The second-order valence-corrected chi connectivity index (χ2v) is 12.4. The Kier molecular flexibility index (Phi) is 6.77. The molecule has 0 saturated heterocycles. The van der Waals surface area contributed by atoms with E-state index in [1.807, 2.05) is 78.6 Å². The van der Waals surface area contributed by atoms with Crippen LogP contribution in [0.15, 0.2) is 102 Å². The summed E-state index contributed by atoms with van der Waals surface area (Å²) in [7, 11) is 3.62. The first-order valence-corrected chi connectivity index (χ1v) is 15.9. The Balaban J connectivity index is 1.24. The summed E-state index contributed by atoms with van der Waals surface area (Å²) >= 11 is 0. The fourth-order valence-corrected chi connectivity index (χ4v) is 7.38. The number of carbonyl (C=O) groups is 4. The fraction of sp³-hybridized carbons (Fsp3) is 0.150. The number of aromatic nitrogens is 1. The molecule has 0 saturated carbocycles. The van der Waals surface area contributed by atoms with Gasteiger partial charge in [0.1, 0.15) is 7.05 Å². The van der Waals surface area contributed by atoms with Gasteiger partial charge in [-0.2, -0.15) is 0 Å². The highest BCUT2D eigenvalue weighted by molar-refractivity contribution is 6.41. The number of aliphatic imine (C=N–C) groups is 1. The van der Waals surface area contributed by atoms with Gasteiger partial charge in [-0.05, 0) is 86.6 Å². The molecule has 8 rings (SSSR count). The van der Waals surface area contributed by atoms with Crippen LogP contribution in [0.3, 0.4) is 0 Å². The van der Waals surface area contributed by atoms with Gasteiger partial charge in [-0.1, -0.05) is 36.9 Å². The van der Waals surface area contributed by atoms with E-state index in [0.29, 0.717) is 45.9 Å². The number of allylic oxidation sites excluding steroid dienone is 2. The summed E-state index contributed by atoms with van der Waals surface area (Å²) in [4.78, 5) is 62.1. The van der Waals surface area contributed by atoms with E-state index in [1.54, 1.807) is 31.5 Å². The molecule has 2 aliphatic heterocycles. The lowest BCUT2D eigenvalue weighted by Gasteiger charge is -2.30. The van der Waals surface area contributed by atoms with Crippen molar-refractivity contribution in [3.8, 4) is 0 Å². The summed E-state index contributed by atoms with van der Waals surface area (Å²) in [6.45, 7) is 4.34. The maximum absolute atomic E-state index is 13.9. The van der Waals surface area contributed by atoms with Gasteiger partial charge in [0.05, 0.1) is 0 Å². The van der Waals surface area contributed by atoms with Crippen LogP contribution in [0.1, 0.15) is 53.4 Å². The van der Waals surface area contributed by atoms with Crippen molar-refractivity contribution in [2.24, 2.45) is 12.0 Å². The Hall–Kier alpha value is -6.02. The number of hydrogen-bond donors (Lipinski definition) is 0. The monoisotopic (exact) mass is 631 g/mol. The van der Waals surface area contributed by atoms with Crippen molar-refractivity contribution in [1.29, 1.82) is 0 Å². The second-order valence-electron chi connectivity index (χ2n) is 12.4. The van der Waals surface area contributed by atoms with Crippen LogP contribution in [-0.4, -0.2) is 59.8 Å². The van der Waals surface area contributed by atoms with Gasteiger partial charge in [0.2, 0.25) is 0 Å². The molecule has 0 atom stereocenters. The van der Waals surface area contributed by atoms with Gasteiger partial charge in [-0.25, -0.2) is 4.57 Å². The molecule has 5 aromatic carbocycles. The molecule has 48 heavy (non-hydrogen) atoms. The predicted octanol–water partition coefficient (Wildman–Crippen LogP) is 6.20. The zero-order valence-corrected chi connectivity index (χ0v) is 26.6. The summed E-state index contributed by atoms with van der Waals surface area (Å²) in [6.07, 6.45) is 10.1. The summed E-state index contributed by atoms with van der Waals surface area (Å²) < 4.78 is 1.94. The molecular formula is C40H31N4O4+. The van der Waals surface area contributed by atoms with Gasteiger partial charge >= 0.3 is 0 Å². The number of carbonyl (C=O) groups excluding carboxylic acids is 4. The molecule has 0 radical (unpaired) electrons. The number of pyridine rings is 1. The van der Waals surface area contributed by atoms with Crippen LogP contribution in [-0.2, 0) is 13.5 Å². The number of fused-ring (bicyclic) bond motifs is 2. The van der Waals surface area contributed by atoms with Gasteiger partial charge in [-0.3, -0.25) is 34.0 Å². The Morgan fingerprint density at radius 3 is 1.52 bits per heavy atom. The summed E-state index contributed by atoms with van der Waals surface area (Å²) in [5.41, 5.74) is 3.87. The maximum atomic E-state index is 13.9. The highest BCUT2D eigenvalue weighted by Crippen LogP contribution is 2.46. The van der Waals surface area contributed by atoms with Crippen molar-refractivity contribution < 1.29 is 23.7 Å². The first kappa shape index (κ1) is 29.4. The summed E-state index contributed by atoms with van der Waals surface area (Å²) in [5.74, 6) is -1.27. The van der Waals surface area contributed by atoms with Crippen LogP contribution in [0.2, 0.25) is 0 Å². The molecule has 6 aromatic rings. The highest BCUT2D eigenvalue weighted by Gasteiger charge is 2.36. The van der Waals surface area contributed by atoms with E-state index >= 15 is 0 Å². The van der Waals surface area contributed by atoms with Crippen LogP contribution in [0.4, 0.5) is 0 Å². The first-order chi connectivity index (χ1) is 23.3. The van der Waals surface area contributed by atoms with E-state index in [1.165, 1.54) is 9.80 Å². The molecule has 3 heterocycles. The maximum Gasteiger partial charge on any atom is 0.261 e. The number of benzene rings is 5. The van der Waals surface area contributed by atoms with E-state index < -0.39 is 0 Å². The number of nitrogens with zero attached hydrogens (tertiary/aromatic N) is 4. The number of amides is 4. The van der Waals surface area contributed by atoms with Crippen molar-refractivity contribution in [1.82, 2.24) is 9.80 Å². The Morgan fingerprint density at radius 2 is 1.10 bits per heavy atom. The van der Waals surface area contributed by atoms with Crippen molar-refractivity contribution >= 4 is 72.9 Å². The van der Waals surface area contributed by atoms with Gasteiger partial charge in [-0.15, -0.1) is 0 Å². The predicted molar refractivity (Wildman–Crippen MR) is 187 cm³/mol. The summed E-state index contributed by atoms with van der Waals surface area (Å²) in [5, 5.41) is 6.44. The Morgan fingerprint density at radius 1 is 0.667 bits per heavy atom. The van der Waals surface area contributed by atoms with Crippen molar-refractivity contribution in [2.75, 3.05) is 20.1 Å². The van der Waals surface area contributed by atoms with Gasteiger partial charge in [0.25, 0.3) is 23.6 Å². The number of aryl methyl sites for hydroxylation is 1. The van der Waals surface area contributed by atoms with Crippen LogP contribution >= 0.6 is 0 Å². The molecular weight excluding hydrogens is 600 g/mol. The third-order valence-corrected chi connectivity index (χ3v) is 9.80. The van der Waals surface area contributed by atoms with Crippen LogP contribution < -0.4 is 4.57 Å². The molecule has 0 N–H and O–H groups in total. The summed E-state index contributed by atoms with van der Waals surface area (Å²) in [6, 6.07) is 18.9. The van der Waals surface area contributed by atoms with E-state index in [4.69, 9.17) is 0 Å². The molecule has 8 nitrogen and oxygen atoms in total. The Labute approximate surface area is 276 Å². The minimum absolute atomic E-state index is 0.217. The van der Waals surface area contributed by atoms with E-state index in [9.17, 15) is 19.2 Å². The minimum atomic E-state index is -0.333. The van der Waals surface area contributed by atoms with E-state index in [0.717, 1.165) is 43.5 Å². The molecule has 0 unspecified atom stereocenters. The minimum Gasteiger partial charge on any atom is -0.297 e. The molecule has 0 bridgehead atoms. The third-order valence-electron chi connectivity index (χ3n) is 9.80. The lowest BCUT2D eigenvalue weighted by atomic mass is 9.82. The molecule has 0 spiro atoms. The van der Waals surface area contributed by atoms with E-state index in [2.05, 4.69) is 11.6 Å². The zero-order valence-electron chi connectivity index (χ0n) is 26.6. The molecule has 0 aliphatic carbocycles. The van der Waals surface area contributed by atoms with Crippen LogP contribution in [0.25, 0.3) is 43.1 Å². The van der Waals surface area contributed by atoms with Crippen molar-refractivity contribution in [2.45, 2.75) is 12.8 Å². The highest BCUT2D eigenvalue weighted by atomic mass is 16.2. The average Bonchev–Trinajstić information content (AvgIpc) is 3.10. The van der Waals surface area contributed by atoms with Crippen LogP contribution in [0, 0.1) is 0 Å².